The van der Waals surface area contributed by atoms with Crippen LogP contribution in [0.1, 0.15) is 48.0 Å². The minimum Gasteiger partial charge on any atom is -0.481 e. The van der Waals surface area contributed by atoms with Gasteiger partial charge in [-0.15, -0.1) is 6.58 Å². The Balaban J connectivity index is -0.000000107. The third-order valence-corrected chi connectivity index (χ3v) is 1.92. The van der Waals surface area contributed by atoms with Gasteiger partial charge in [0.15, 0.2) is 0 Å². The number of aliphatic carboxylic acids is 2. The summed E-state index contributed by atoms with van der Waals surface area (Å²) in [6.07, 6.45) is 12.2. The molecule has 4 heteroatoms. The van der Waals surface area contributed by atoms with Crippen LogP contribution in [0.4, 0.5) is 0 Å². The second-order valence-corrected chi connectivity index (χ2v) is 4.25. The highest BCUT2D eigenvalue weighted by atomic mass is 16.4. The summed E-state index contributed by atoms with van der Waals surface area (Å²) in [5.74, 6) is -1.68. The smallest absolute Gasteiger partial charge is 0.330 e. The highest BCUT2D eigenvalue weighted by molar-refractivity contribution is 5.85. The summed E-state index contributed by atoms with van der Waals surface area (Å²) in [5.41, 5.74) is 1.64. The van der Waals surface area contributed by atoms with E-state index in [1.54, 1.807) is 26.0 Å². The zero-order chi connectivity index (χ0) is 19.3. The highest BCUT2D eigenvalue weighted by Gasteiger charge is 1.93. The maximum atomic E-state index is 9.86. The van der Waals surface area contributed by atoms with E-state index in [-0.39, 0.29) is 0 Å². The summed E-state index contributed by atoms with van der Waals surface area (Å²) in [6, 6.07) is 0. The molecule has 2 N–H and O–H groups in total. The first-order valence-electron chi connectivity index (χ1n) is 7.20. The largest absolute Gasteiger partial charge is 0.481 e. The Morgan fingerprint density at radius 1 is 1.00 bits per heavy atom. The highest BCUT2D eigenvalue weighted by Crippen LogP contribution is 1.89. The first-order chi connectivity index (χ1) is 10.6. The van der Waals surface area contributed by atoms with E-state index < -0.39 is 11.9 Å². The van der Waals surface area contributed by atoms with Gasteiger partial charge in [0.1, 0.15) is 0 Å². The average molecular weight is 324 g/mol. The van der Waals surface area contributed by atoms with Gasteiger partial charge in [0.25, 0.3) is 5.97 Å². The van der Waals surface area contributed by atoms with Gasteiger partial charge in [-0.1, -0.05) is 55.5 Å². The summed E-state index contributed by atoms with van der Waals surface area (Å²) in [7, 11) is 0. The molecule has 0 unspecified atom stereocenters. The van der Waals surface area contributed by atoms with Gasteiger partial charge in [0, 0.05) is 12.5 Å². The van der Waals surface area contributed by atoms with Gasteiger partial charge in [-0.05, 0) is 34.1 Å². The Morgan fingerprint density at radius 2 is 1.39 bits per heavy atom. The molecule has 0 spiro atoms. The van der Waals surface area contributed by atoms with Crippen molar-refractivity contribution in [2.75, 3.05) is 0 Å². The topological polar surface area (TPSA) is 74.6 Å². The summed E-state index contributed by atoms with van der Waals surface area (Å²) < 4.78 is 0. The lowest BCUT2D eigenvalue weighted by Crippen LogP contribution is -1.93. The molecule has 0 amide bonds. The lowest BCUT2D eigenvalue weighted by atomic mass is 10.3. The number of carboxylic acid groups (broad SMARTS) is 2. The lowest BCUT2D eigenvalue weighted by Gasteiger charge is -1.84. The molecular weight excluding hydrogens is 292 g/mol. The zero-order valence-corrected chi connectivity index (χ0v) is 15.3. The Labute approximate surface area is 141 Å². The van der Waals surface area contributed by atoms with E-state index in [1.807, 2.05) is 38.2 Å². The Bertz CT molecular complexity index is 409. The van der Waals surface area contributed by atoms with E-state index in [9.17, 15) is 4.79 Å². The van der Waals surface area contributed by atoms with Crippen molar-refractivity contribution < 1.29 is 19.8 Å². The van der Waals surface area contributed by atoms with Crippen molar-refractivity contribution >= 4 is 11.9 Å². The average Bonchev–Trinajstić information content (AvgIpc) is 2.47. The van der Waals surface area contributed by atoms with Crippen LogP contribution >= 0.6 is 0 Å². The SMILES string of the molecule is C/C=C(\C)C(=O)O.C=C(C)CC.C=C/C=C\C=C/C.CC(=O)O. The number of carbonyl (C=O) groups is 2. The molecule has 132 valence electrons. The van der Waals surface area contributed by atoms with E-state index in [0.29, 0.717) is 5.57 Å². The second-order valence-electron chi connectivity index (χ2n) is 4.25. The maximum Gasteiger partial charge on any atom is 0.330 e. The lowest BCUT2D eigenvalue weighted by molar-refractivity contribution is -0.134. The minimum atomic E-state index is -0.845. The molecule has 0 aromatic rings. The molecule has 0 atom stereocenters. The normalized spacial score (nSPS) is 9.57. The Morgan fingerprint density at radius 3 is 1.52 bits per heavy atom. The van der Waals surface area contributed by atoms with E-state index >= 15 is 0 Å². The molecule has 0 rings (SSSR count). The molecular formula is C19H32O4. The number of allylic oxidation sites excluding steroid dienone is 7. The van der Waals surface area contributed by atoms with Crippen LogP contribution in [0.15, 0.2) is 60.8 Å². The first kappa shape index (κ1) is 28.8. The molecule has 0 aromatic carbocycles. The molecule has 0 aromatic heterocycles. The monoisotopic (exact) mass is 324 g/mol. The van der Waals surface area contributed by atoms with Crippen molar-refractivity contribution in [3.63, 3.8) is 0 Å². The molecule has 23 heavy (non-hydrogen) atoms. The van der Waals surface area contributed by atoms with Crippen molar-refractivity contribution in [1.29, 1.82) is 0 Å². The molecule has 0 aliphatic rings. The van der Waals surface area contributed by atoms with E-state index in [4.69, 9.17) is 15.0 Å². The van der Waals surface area contributed by atoms with E-state index in [0.717, 1.165) is 13.3 Å². The van der Waals surface area contributed by atoms with Crippen LogP contribution in [0.25, 0.3) is 0 Å². The standard InChI is InChI=1S/C7H10.C5H8O2.C5H10.C2H4O2/c1-3-5-7-6-4-2;1-3-4(2)5(6)7;1-4-5(2)3;1-2(3)4/h3-7H,1H2,2H3;3H,1-2H3,(H,6,7);2,4H2,1,3H3;1H3,(H,3,4)/b6-4-,7-5-;4-3+;;. The van der Waals surface area contributed by atoms with Gasteiger partial charge in [-0.3, -0.25) is 4.79 Å². The molecule has 0 aliphatic heterocycles. The summed E-state index contributed by atoms with van der Waals surface area (Å²) in [4.78, 5) is 18.9. The van der Waals surface area contributed by atoms with Crippen LogP contribution in [-0.2, 0) is 9.59 Å². The molecule has 0 fully saturated rings. The predicted octanol–water partition coefficient (Wildman–Crippen LogP) is 5.41. The molecule has 0 aliphatic carbocycles. The molecule has 0 saturated carbocycles. The molecule has 0 bridgehead atoms. The van der Waals surface area contributed by atoms with Crippen LogP contribution in [-0.4, -0.2) is 22.2 Å². The van der Waals surface area contributed by atoms with Gasteiger partial charge in [0.05, 0.1) is 0 Å². The molecule has 0 saturated heterocycles. The van der Waals surface area contributed by atoms with Crippen molar-refractivity contribution in [2.24, 2.45) is 0 Å². The summed E-state index contributed by atoms with van der Waals surface area (Å²) in [5, 5.41) is 15.5. The number of hydrogen-bond donors (Lipinski definition) is 2. The van der Waals surface area contributed by atoms with Crippen molar-refractivity contribution in [2.45, 2.75) is 48.0 Å². The number of rotatable bonds is 4. The second kappa shape index (κ2) is 24.6. The third-order valence-electron chi connectivity index (χ3n) is 1.92. The fourth-order valence-corrected chi connectivity index (χ4v) is 0.377. The first-order valence-corrected chi connectivity index (χ1v) is 7.20. The van der Waals surface area contributed by atoms with E-state index in [2.05, 4.69) is 20.1 Å². The van der Waals surface area contributed by atoms with Crippen LogP contribution in [0.2, 0.25) is 0 Å². The van der Waals surface area contributed by atoms with Crippen LogP contribution in [0.3, 0.4) is 0 Å². The Kier molecular flexibility index (Phi) is 30.8. The van der Waals surface area contributed by atoms with Gasteiger partial charge >= 0.3 is 5.97 Å². The maximum absolute atomic E-state index is 9.86. The number of carboxylic acids is 2. The van der Waals surface area contributed by atoms with Gasteiger partial charge in [-0.25, -0.2) is 4.79 Å². The predicted molar refractivity (Wildman–Crippen MR) is 99.6 cm³/mol. The van der Waals surface area contributed by atoms with Gasteiger partial charge < -0.3 is 10.2 Å². The third kappa shape index (κ3) is 65.8. The molecule has 4 nitrogen and oxygen atoms in total. The van der Waals surface area contributed by atoms with Crippen molar-refractivity contribution in [3.05, 3.63) is 60.8 Å². The molecule has 0 heterocycles. The van der Waals surface area contributed by atoms with Crippen LogP contribution < -0.4 is 0 Å². The quantitative estimate of drug-likeness (QED) is 0.412. The van der Waals surface area contributed by atoms with E-state index in [1.165, 1.54) is 5.57 Å². The minimum absolute atomic E-state index is 0.389. The van der Waals surface area contributed by atoms with Crippen LogP contribution in [0.5, 0.6) is 0 Å². The van der Waals surface area contributed by atoms with Crippen molar-refractivity contribution in [3.8, 4) is 0 Å². The fourth-order valence-electron chi connectivity index (χ4n) is 0.377. The molecule has 0 radical (unpaired) electrons. The summed E-state index contributed by atoms with van der Waals surface area (Å²) in [6.45, 7) is 17.6. The van der Waals surface area contributed by atoms with Gasteiger partial charge in [0.2, 0.25) is 0 Å². The zero-order valence-electron chi connectivity index (χ0n) is 15.3. The fraction of sp³-hybridized carbons (Fsp3) is 0.368. The summed E-state index contributed by atoms with van der Waals surface area (Å²) >= 11 is 0. The number of hydrogen-bond acceptors (Lipinski definition) is 2. The van der Waals surface area contributed by atoms with Gasteiger partial charge in [-0.2, -0.15) is 0 Å². The Hall–Kier alpha value is -2.36. The van der Waals surface area contributed by atoms with Crippen molar-refractivity contribution in [1.82, 2.24) is 0 Å². The van der Waals surface area contributed by atoms with Crippen LogP contribution in [0, 0.1) is 0 Å².